The van der Waals surface area contributed by atoms with Crippen LogP contribution in [-0.4, -0.2) is 44.3 Å². The van der Waals surface area contributed by atoms with Gasteiger partial charge in [0.1, 0.15) is 0 Å². The summed E-state index contributed by atoms with van der Waals surface area (Å²) in [4.78, 5) is 2.52. The molecule has 3 nitrogen and oxygen atoms in total. The van der Waals surface area contributed by atoms with Gasteiger partial charge in [-0.1, -0.05) is 13.8 Å². The summed E-state index contributed by atoms with van der Waals surface area (Å²) in [5, 5.41) is 0. The average molecular weight is 251 g/mol. The van der Waals surface area contributed by atoms with E-state index in [1.807, 2.05) is 0 Å². The molecule has 0 bridgehead atoms. The molecule has 0 aliphatic carbocycles. The van der Waals surface area contributed by atoms with Crippen LogP contribution in [-0.2, 0) is 4.74 Å². The predicted molar refractivity (Wildman–Crippen MR) is 71.1 cm³/mol. The van der Waals surface area contributed by atoms with Gasteiger partial charge in [-0.05, 0) is 31.2 Å². The standard InChI is InChI=1S/C12H26N2O.ClH/c1-11(2)9-12-3-5-14(10-12)6-8-15-7-4-13;/h11-12H,3-10,13H2,1-2H3;1H. The molecule has 0 aromatic heterocycles. The lowest BCUT2D eigenvalue weighted by Crippen LogP contribution is -2.26. The number of ether oxygens (including phenoxy) is 1. The smallest absolute Gasteiger partial charge is 0.0594 e. The third-order valence-electron chi connectivity index (χ3n) is 2.99. The maximum atomic E-state index is 5.39. The van der Waals surface area contributed by atoms with Crippen molar-refractivity contribution in [1.29, 1.82) is 0 Å². The van der Waals surface area contributed by atoms with E-state index < -0.39 is 0 Å². The fourth-order valence-electron chi connectivity index (χ4n) is 2.35. The molecular weight excluding hydrogens is 224 g/mol. The van der Waals surface area contributed by atoms with Crippen LogP contribution in [0, 0.1) is 11.8 Å². The molecule has 0 radical (unpaired) electrons. The summed E-state index contributed by atoms with van der Waals surface area (Å²) in [7, 11) is 0. The molecule has 16 heavy (non-hydrogen) atoms. The lowest BCUT2D eigenvalue weighted by molar-refractivity contribution is 0.115. The van der Waals surface area contributed by atoms with Crippen molar-refractivity contribution < 1.29 is 4.74 Å². The number of nitrogens with two attached hydrogens (primary N) is 1. The quantitative estimate of drug-likeness (QED) is 0.700. The summed E-state index contributed by atoms with van der Waals surface area (Å²) in [6, 6.07) is 0. The Bertz CT molecular complexity index is 167. The average Bonchev–Trinajstić information content (AvgIpc) is 2.59. The molecule has 0 aromatic carbocycles. The van der Waals surface area contributed by atoms with E-state index in [4.69, 9.17) is 10.5 Å². The second-order valence-electron chi connectivity index (χ2n) is 4.99. The van der Waals surface area contributed by atoms with Crippen LogP contribution in [0.2, 0.25) is 0 Å². The minimum Gasteiger partial charge on any atom is -0.379 e. The zero-order chi connectivity index (χ0) is 11.1. The zero-order valence-corrected chi connectivity index (χ0v) is 11.5. The van der Waals surface area contributed by atoms with E-state index in [0.717, 1.165) is 25.0 Å². The Morgan fingerprint density at radius 3 is 2.75 bits per heavy atom. The number of hydrogen-bond donors (Lipinski definition) is 1. The van der Waals surface area contributed by atoms with Gasteiger partial charge >= 0.3 is 0 Å². The lowest BCUT2D eigenvalue weighted by Gasteiger charge is -2.16. The second-order valence-corrected chi connectivity index (χ2v) is 4.99. The third-order valence-corrected chi connectivity index (χ3v) is 2.99. The van der Waals surface area contributed by atoms with Crippen molar-refractivity contribution >= 4 is 12.4 Å². The lowest BCUT2D eigenvalue weighted by atomic mass is 9.97. The number of nitrogens with zero attached hydrogens (tertiary/aromatic N) is 1. The van der Waals surface area contributed by atoms with Crippen LogP contribution >= 0.6 is 12.4 Å². The molecule has 4 heteroatoms. The van der Waals surface area contributed by atoms with Gasteiger partial charge in [0.25, 0.3) is 0 Å². The van der Waals surface area contributed by atoms with Crippen molar-refractivity contribution in [3.8, 4) is 0 Å². The molecule has 0 spiro atoms. The summed E-state index contributed by atoms with van der Waals surface area (Å²) >= 11 is 0. The van der Waals surface area contributed by atoms with Crippen LogP contribution in [0.25, 0.3) is 0 Å². The molecule has 1 saturated heterocycles. The van der Waals surface area contributed by atoms with Gasteiger partial charge in [-0.3, -0.25) is 0 Å². The monoisotopic (exact) mass is 250 g/mol. The van der Waals surface area contributed by atoms with Crippen molar-refractivity contribution in [3.63, 3.8) is 0 Å². The van der Waals surface area contributed by atoms with Gasteiger partial charge in [-0.15, -0.1) is 12.4 Å². The minimum absolute atomic E-state index is 0. The van der Waals surface area contributed by atoms with Crippen molar-refractivity contribution in [2.45, 2.75) is 26.7 Å². The SMILES string of the molecule is CC(C)CC1CCN(CCOCCN)C1.Cl. The van der Waals surface area contributed by atoms with Gasteiger partial charge in [-0.2, -0.15) is 0 Å². The topological polar surface area (TPSA) is 38.5 Å². The van der Waals surface area contributed by atoms with Crippen LogP contribution in [0.4, 0.5) is 0 Å². The zero-order valence-electron chi connectivity index (χ0n) is 10.7. The Labute approximate surface area is 106 Å². The van der Waals surface area contributed by atoms with Crippen molar-refractivity contribution in [2.24, 2.45) is 17.6 Å². The Kier molecular flexibility index (Phi) is 9.32. The molecule has 0 saturated carbocycles. The number of rotatable bonds is 7. The van der Waals surface area contributed by atoms with Gasteiger partial charge in [-0.25, -0.2) is 0 Å². The molecule has 1 unspecified atom stereocenters. The van der Waals surface area contributed by atoms with Gasteiger partial charge < -0.3 is 15.4 Å². The first-order chi connectivity index (χ1) is 7.22. The molecule has 0 aromatic rings. The van der Waals surface area contributed by atoms with E-state index in [0.29, 0.717) is 13.2 Å². The highest BCUT2D eigenvalue weighted by Gasteiger charge is 2.22. The molecule has 0 amide bonds. The van der Waals surface area contributed by atoms with Crippen LogP contribution in [0.15, 0.2) is 0 Å². The van der Waals surface area contributed by atoms with Gasteiger partial charge in [0.05, 0.1) is 13.2 Å². The van der Waals surface area contributed by atoms with Gasteiger partial charge in [0.2, 0.25) is 0 Å². The summed E-state index contributed by atoms with van der Waals surface area (Å²) in [5.41, 5.74) is 5.36. The normalized spacial score (nSPS) is 21.4. The first-order valence-corrected chi connectivity index (χ1v) is 6.22. The fourth-order valence-corrected chi connectivity index (χ4v) is 2.35. The van der Waals surface area contributed by atoms with E-state index in [1.54, 1.807) is 0 Å². The highest BCUT2D eigenvalue weighted by Crippen LogP contribution is 2.22. The summed E-state index contributed by atoms with van der Waals surface area (Å²) in [5.74, 6) is 1.75. The number of likely N-dealkylation sites (tertiary alicyclic amines) is 1. The maximum absolute atomic E-state index is 5.39. The molecule has 98 valence electrons. The van der Waals surface area contributed by atoms with Crippen molar-refractivity contribution in [1.82, 2.24) is 4.90 Å². The minimum atomic E-state index is 0. The van der Waals surface area contributed by atoms with E-state index in [9.17, 15) is 0 Å². The molecule has 1 heterocycles. The molecular formula is C12H27ClN2O. The van der Waals surface area contributed by atoms with E-state index in [2.05, 4.69) is 18.7 Å². The van der Waals surface area contributed by atoms with Crippen molar-refractivity contribution in [2.75, 3.05) is 39.4 Å². The van der Waals surface area contributed by atoms with Gasteiger partial charge in [0.15, 0.2) is 0 Å². The van der Waals surface area contributed by atoms with Crippen LogP contribution < -0.4 is 5.73 Å². The Hall–Kier alpha value is 0.170. The molecule has 2 N–H and O–H groups in total. The Morgan fingerprint density at radius 2 is 2.12 bits per heavy atom. The largest absolute Gasteiger partial charge is 0.379 e. The van der Waals surface area contributed by atoms with Crippen LogP contribution in [0.3, 0.4) is 0 Å². The third kappa shape index (κ3) is 6.69. The first kappa shape index (κ1) is 16.2. The fraction of sp³-hybridized carbons (Fsp3) is 1.00. The Morgan fingerprint density at radius 1 is 1.38 bits per heavy atom. The molecule has 1 fully saturated rings. The molecule has 1 aliphatic heterocycles. The van der Waals surface area contributed by atoms with E-state index >= 15 is 0 Å². The maximum Gasteiger partial charge on any atom is 0.0594 e. The highest BCUT2D eigenvalue weighted by molar-refractivity contribution is 5.85. The predicted octanol–water partition coefficient (Wildman–Crippen LogP) is 1.75. The van der Waals surface area contributed by atoms with Gasteiger partial charge in [0, 0.05) is 19.6 Å². The van der Waals surface area contributed by atoms with E-state index in [-0.39, 0.29) is 12.4 Å². The Balaban J connectivity index is 0.00000225. The van der Waals surface area contributed by atoms with Crippen molar-refractivity contribution in [3.05, 3.63) is 0 Å². The summed E-state index contributed by atoms with van der Waals surface area (Å²) < 4.78 is 5.39. The second kappa shape index (κ2) is 9.23. The highest BCUT2D eigenvalue weighted by atomic mass is 35.5. The summed E-state index contributed by atoms with van der Waals surface area (Å²) in [6.07, 6.45) is 2.75. The molecule has 1 rings (SSSR count). The van der Waals surface area contributed by atoms with E-state index in [1.165, 1.54) is 25.9 Å². The molecule has 1 atom stereocenters. The van der Waals surface area contributed by atoms with Crippen LogP contribution in [0.1, 0.15) is 26.7 Å². The first-order valence-electron chi connectivity index (χ1n) is 6.22. The number of hydrogen-bond acceptors (Lipinski definition) is 3. The molecule has 1 aliphatic rings. The number of halogens is 1. The van der Waals surface area contributed by atoms with Crippen LogP contribution in [0.5, 0.6) is 0 Å². The summed E-state index contributed by atoms with van der Waals surface area (Å²) in [6.45, 7) is 10.4.